The van der Waals surface area contributed by atoms with E-state index in [-0.39, 0.29) is 17.7 Å². The molecule has 1 aromatic rings. The van der Waals surface area contributed by atoms with E-state index in [0.29, 0.717) is 6.42 Å². The van der Waals surface area contributed by atoms with E-state index in [0.717, 1.165) is 11.3 Å². The normalized spacial score (nSPS) is 30.5. The van der Waals surface area contributed by atoms with E-state index in [1.54, 1.807) is 0 Å². The summed E-state index contributed by atoms with van der Waals surface area (Å²) in [6.45, 7) is 5.63. The van der Waals surface area contributed by atoms with Crippen molar-refractivity contribution in [3.8, 4) is 0 Å². The molecule has 0 bridgehead atoms. The summed E-state index contributed by atoms with van der Waals surface area (Å²) >= 11 is 0. The maximum Gasteiger partial charge on any atom is 0.293 e. The van der Waals surface area contributed by atoms with Crippen molar-refractivity contribution < 1.29 is 8.78 Å². The standard InChI is InChI=1S/C11H14F2N2/c1-5(2)15-10-9(6(3)14-15)7-4-8(7)11(10,12)13/h5,7-8H,4H2,1-3H3. The topological polar surface area (TPSA) is 17.8 Å². The van der Waals surface area contributed by atoms with Crippen molar-refractivity contribution in [2.75, 3.05) is 0 Å². The summed E-state index contributed by atoms with van der Waals surface area (Å²) in [6, 6.07) is 0.0100. The molecule has 2 nitrogen and oxygen atoms in total. The van der Waals surface area contributed by atoms with E-state index in [1.807, 2.05) is 20.8 Å². The maximum absolute atomic E-state index is 13.9. The third kappa shape index (κ3) is 0.950. The minimum atomic E-state index is -2.65. The van der Waals surface area contributed by atoms with Crippen LogP contribution in [0.3, 0.4) is 0 Å². The van der Waals surface area contributed by atoms with Gasteiger partial charge in [-0.25, -0.2) is 0 Å². The molecular formula is C11H14F2N2. The van der Waals surface area contributed by atoms with Gasteiger partial charge in [-0.2, -0.15) is 13.9 Å². The lowest BCUT2D eigenvalue weighted by molar-refractivity contribution is -0.0318. The van der Waals surface area contributed by atoms with Crippen LogP contribution in [0.15, 0.2) is 0 Å². The molecule has 2 aliphatic rings. The number of aryl methyl sites for hydroxylation is 1. The Morgan fingerprint density at radius 3 is 2.73 bits per heavy atom. The molecule has 0 radical (unpaired) electrons. The molecule has 3 rings (SSSR count). The number of halogens is 2. The number of hydrogen-bond donors (Lipinski definition) is 0. The molecule has 1 fully saturated rings. The van der Waals surface area contributed by atoms with Crippen LogP contribution in [0.1, 0.15) is 49.2 Å². The Balaban J connectivity index is 2.24. The first-order valence-electron chi connectivity index (χ1n) is 5.42. The van der Waals surface area contributed by atoms with Crippen molar-refractivity contribution in [1.82, 2.24) is 9.78 Å². The van der Waals surface area contributed by atoms with Crippen LogP contribution in [0.25, 0.3) is 0 Å². The van der Waals surface area contributed by atoms with Crippen LogP contribution in [0, 0.1) is 12.8 Å². The molecule has 2 unspecified atom stereocenters. The molecule has 1 heterocycles. The highest BCUT2D eigenvalue weighted by Gasteiger charge is 2.66. The number of hydrogen-bond acceptors (Lipinski definition) is 1. The Hall–Kier alpha value is -0.930. The summed E-state index contributed by atoms with van der Waals surface area (Å²) in [7, 11) is 0. The Morgan fingerprint density at radius 1 is 1.47 bits per heavy atom. The summed E-state index contributed by atoms with van der Waals surface area (Å²) in [5.74, 6) is -3.00. The molecule has 0 aliphatic heterocycles. The van der Waals surface area contributed by atoms with Crippen LogP contribution >= 0.6 is 0 Å². The van der Waals surface area contributed by atoms with Crippen molar-refractivity contribution in [3.05, 3.63) is 17.0 Å². The van der Waals surface area contributed by atoms with Gasteiger partial charge in [-0.15, -0.1) is 0 Å². The summed E-state index contributed by atoms with van der Waals surface area (Å²) < 4.78 is 29.4. The van der Waals surface area contributed by atoms with E-state index < -0.39 is 11.8 Å². The molecule has 0 aromatic carbocycles. The van der Waals surface area contributed by atoms with E-state index >= 15 is 0 Å². The minimum absolute atomic E-state index is 0.0100. The molecule has 2 aliphatic carbocycles. The van der Waals surface area contributed by atoms with Gasteiger partial charge in [0.1, 0.15) is 5.69 Å². The highest BCUT2D eigenvalue weighted by Crippen LogP contribution is 2.67. The largest absolute Gasteiger partial charge is 0.293 e. The highest BCUT2D eigenvalue weighted by atomic mass is 19.3. The van der Waals surface area contributed by atoms with E-state index in [9.17, 15) is 8.78 Å². The first-order valence-corrected chi connectivity index (χ1v) is 5.42. The quantitative estimate of drug-likeness (QED) is 0.699. The smallest absolute Gasteiger partial charge is 0.260 e. The van der Waals surface area contributed by atoms with Crippen molar-refractivity contribution in [3.63, 3.8) is 0 Å². The second kappa shape index (κ2) is 2.42. The first-order chi connectivity index (χ1) is 6.94. The lowest BCUT2D eigenvalue weighted by Crippen LogP contribution is -2.21. The summed E-state index contributed by atoms with van der Waals surface area (Å²) in [5.41, 5.74) is 1.82. The van der Waals surface area contributed by atoms with Crippen molar-refractivity contribution in [2.24, 2.45) is 5.92 Å². The summed E-state index contributed by atoms with van der Waals surface area (Å²) in [5, 5.41) is 4.24. The molecule has 82 valence electrons. The zero-order chi connectivity index (χ0) is 11.0. The van der Waals surface area contributed by atoms with E-state index in [1.165, 1.54) is 4.68 Å². The van der Waals surface area contributed by atoms with Gasteiger partial charge in [0.15, 0.2) is 0 Å². The van der Waals surface area contributed by atoms with Crippen LogP contribution in [0.5, 0.6) is 0 Å². The number of aromatic nitrogens is 2. The average Bonchev–Trinajstić information content (AvgIpc) is 2.78. The number of alkyl halides is 2. The SMILES string of the molecule is Cc1nn(C(C)C)c2c1C1CC1C2(F)F. The number of nitrogens with zero attached hydrogens (tertiary/aromatic N) is 2. The molecule has 15 heavy (non-hydrogen) atoms. The molecule has 0 spiro atoms. The fourth-order valence-electron chi connectivity index (χ4n) is 2.80. The third-order valence-corrected chi connectivity index (χ3v) is 3.56. The monoisotopic (exact) mass is 212 g/mol. The average molecular weight is 212 g/mol. The molecule has 2 atom stereocenters. The third-order valence-electron chi connectivity index (χ3n) is 3.56. The van der Waals surface area contributed by atoms with E-state index in [4.69, 9.17) is 0 Å². The summed E-state index contributed by atoms with van der Waals surface area (Å²) in [6.07, 6.45) is 0.643. The Labute approximate surface area is 87.3 Å². The van der Waals surface area contributed by atoms with Gasteiger partial charge in [-0.3, -0.25) is 4.68 Å². The van der Waals surface area contributed by atoms with Crippen molar-refractivity contribution >= 4 is 0 Å². The Bertz CT molecular complexity index is 434. The molecule has 0 saturated heterocycles. The van der Waals surface area contributed by atoms with Gasteiger partial charge >= 0.3 is 0 Å². The fourth-order valence-corrected chi connectivity index (χ4v) is 2.80. The van der Waals surface area contributed by atoms with Gasteiger partial charge in [0.05, 0.1) is 5.69 Å². The predicted molar refractivity (Wildman–Crippen MR) is 52.1 cm³/mol. The second-order valence-electron chi connectivity index (χ2n) is 4.96. The second-order valence-corrected chi connectivity index (χ2v) is 4.96. The lowest BCUT2D eigenvalue weighted by Gasteiger charge is -2.17. The van der Waals surface area contributed by atoms with Crippen LogP contribution in [-0.4, -0.2) is 9.78 Å². The van der Waals surface area contributed by atoms with Gasteiger partial charge in [0.25, 0.3) is 5.92 Å². The minimum Gasteiger partial charge on any atom is -0.260 e. The predicted octanol–water partition coefficient (Wildman–Crippen LogP) is 2.98. The maximum atomic E-state index is 13.9. The molecular weight excluding hydrogens is 198 g/mol. The van der Waals surface area contributed by atoms with Gasteiger partial charge in [-0.05, 0) is 33.1 Å². The highest BCUT2D eigenvalue weighted by molar-refractivity contribution is 5.45. The zero-order valence-corrected chi connectivity index (χ0v) is 9.09. The molecule has 1 saturated carbocycles. The van der Waals surface area contributed by atoms with Crippen LogP contribution < -0.4 is 0 Å². The van der Waals surface area contributed by atoms with Crippen molar-refractivity contribution in [1.29, 1.82) is 0 Å². The molecule has 0 N–H and O–H groups in total. The van der Waals surface area contributed by atoms with Crippen LogP contribution in [0.2, 0.25) is 0 Å². The Morgan fingerprint density at radius 2 is 2.13 bits per heavy atom. The number of fused-ring (bicyclic) bond motifs is 3. The van der Waals surface area contributed by atoms with Gasteiger partial charge in [-0.1, -0.05) is 0 Å². The Kier molecular flexibility index (Phi) is 1.50. The van der Waals surface area contributed by atoms with Crippen LogP contribution in [-0.2, 0) is 5.92 Å². The van der Waals surface area contributed by atoms with Crippen LogP contribution in [0.4, 0.5) is 8.78 Å². The van der Waals surface area contributed by atoms with Gasteiger partial charge < -0.3 is 0 Å². The van der Waals surface area contributed by atoms with Gasteiger partial charge in [0, 0.05) is 17.5 Å². The molecule has 0 amide bonds. The first kappa shape index (κ1) is 9.31. The molecule has 1 aromatic heterocycles. The molecule has 4 heteroatoms. The number of rotatable bonds is 1. The summed E-state index contributed by atoms with van der Waals surface area (Å²) in [4.78, 5) is 0. The van der Waals surface area contributed by atoms with Gasteiger partial charge in [0.2, 0.25) is 0 Å². The zero-order valence-electron chi connectivity index (χ0n) is 9.09. The van der Waals surface area contributed by atoms with E-state index in [2.05, 4.69) is 5.10 Å². The van der Waals surface area contributed by atoms with Crippen molar-refractivity contribution in [2.45, 2.75) is 45.1 Å². The fraction of sp³-hybridized carbons (Fsp3) is 0.727. The lowest BCUT2D eigenvalue weighted by atomic mass is 10.1.